The molecule has 0 saturated carbocycles. The lowest BCUT2D eigenvalue weighted by Crippen LogP contribution is -2.30. The first-order valence-corrected chi connectivity index (χ1v) is 33.2. The fraction of sp³-hybridized carbons (Fsp3) is 0.955. The SMILES string of the molecule is CCCCCCCCCCCCCCCCCCCCCC(=O)OC[C@H](COC(=O)CCCCCCCCCCCCCCC(C)C)OC(=O)CCCCCCCCCCCCCCCCCCCCC(C)C. The highest BCUT2D eigenvalue weighted by Gasteiger charge is 2.19. The molecule has 0 amide bonds. The van der Waals surface area contributed by atoms with Crippen molar-refractivity contribution >= 4 is 17.9 Å². The lowest BCUT2D eigenvalue weighted by atomic mass is 10.0. The largest absolute Gasteiger partial charge is 0.462 e. The first kappa shape index (κ1) is 71.4. The predicted molar refractivity (Wildman–Crippen MR) is 316 cm³/mol. The van der Waals surface area contributed by atoms with E-state index in [1.165, 1.54) is 270 Å². The molecule has 0 aromatic rings. The summed E-state index contributed by atoms with van der Waals surface area (Å²) in [4.78, 5) is 38.4. The van der Waals surface area contributed by atoms with Crippen LogP contribution < -0.4 is 0 Å². The Hall–Kier alpha value is -1.59. The summed E-state index contributed by atoms with van der Waals surface area (Å²) in [6.45, 7) is 11.5. The van der Waals surface area contributed by atoms with Gasteiger partial charge in [0.1, 0.15) is 13.2 Å². The Bertz CT molecular complexity index is 1120. The van der Waals surface area contributed by atoms with Crippen molar-refractivity contribution in [1.29, 1.82) is 0 Å². The molecule has 1 atom stereocenters. The van der Waals surface area contributed by atoms with Crippen molar-refractivity contribution in [3.8, 4) is 0 Å². The van der Waals surface area contributed by atoms with Gasteiger partial charge in [0.25, 0.3) is 0 Å². The average Bonchev–Trinajstić information content (AvgIpc) is 3.37. The number of unbranched alkanes of at least 4 members (excludes halogenated alkanes) is 46. The van der Waals surface area contributed by atoms with Crippen LogP contribution in [0.4, 0.5) is 0 Å². The molecule has 0 aliphatic carbocycles. The van der Waals surface area contributed by atoms with Crippen LogP contribution in [0.2, 0.25) is 0 Å². The van der Waals surface area contributed by atoms with Gasteiger partial charge in [-0.1, -0.05) is 343 Å². The quantitative estimate of drug-likeness (QED) is 0.0343. The Morgan fingerprint density at radius 3 is 0.671 bits per heavy atom. The van der Waals surface area contributed by atoms with Gasteiger partial charge in [-0.25, -0.2) is 0 Å². The Morgan fingerprint density at radius 1 is 0.260 bits per heavy atom. The first-order valence-electron chi connectivity index (χ1n) is 33.2. The van der Waals surface area contributed by atoms with E-state index in [-0.39, 0.29) is 31.1 Å². The molecule has 0 N–H and O–H groups in total. The van der Waals surface area contributed by atoms with Gasteiger partial charge in [0.2, 0.25) is 0 Å². The monoisotopic (exact) mass is 1030 g/mol. The molecule has 0 aliphatic rings. The Morgan fingerprint density at radius 2 is 0.452 bits per heavy atom. The third-order valence-electron chi connectivity index (χ3n) is 15.5. The summed E-state index contributed by atoms with van der Waals surface area (Å²) >= 11 is 0. The molecule has 0 heterocycles. The fourth-order valence-corrected chi connectivity index (χ4v) is 10.5. The molecule has 6 heteroatoms. The van der Waals surface area contributed by atoms with Gasteiger partial charge in [-0.2, -0.15) is 0 Å². The van der Waals surface area contributed by atoms with Crippen LogP contribution in [-0.2, 0) is 28.6 Å². The summed E-state index contributed by atoms with van der Waals surface area (Å²) in [6, 6.07) is 0. The number of carbonyl (C=O) groups is 3. The highest BCUT2D eigenvalue weighted by atomic mass is 16.6. The molecule has 0 rings (SSSR count). The second-order valence-electron chi connectivity index (χ2n) is 24.1. The zero-order valence-corrected chi connectivity index (χ0v) is 50.3. The smallest absolute Gasteiger partial charge is 0.306 e. The first-order chi connectivity index (χ1) is 35.7. The zero-order chi connectivity index (χ0) is 53.2. The van der Waals surface area contributed by atoms with E-state index in [9.17, 15) is 14.4 Å². The normalized spacial score (nSPS) is 12.0. The minimum absolute atomic E-state index is 0.0616. The van der Waals surface area contributed by atoms with Crippen LogP contribution in [0.15, 0.2) is 0 Å². The van der Waals surface area contributed by atoms with Gasteiger partial charge in [-0.05, 0) is 31.1 Å². The minimum Gasteiger partial charge on any atom is -0.462 e. The van der Waals surface area contributed by atoms with Gasteiger partial charge in [0, 0.05) is 19.3 Å². The molecule has 0 saturated heterocycles. The van der Waals surface area contributed by atoms with Gasteiger partial charge in [-0.15, -0.1) is 0 Å². The van der Waals surface area contributed by atoms with Crippen molar-refractivity contribution in [1.82, 2.24) is 0 Å². The van der Waals surface area contributed by atoms with Crippen LogP contribution in [0.3, 0.4) is 0 Å². The molecule has 0 aliphatic heterocycles. The fourth-order valence-electron chi connectivity index (χ4n) is 10.5. The Labute approximate surface area is 457 Å². The number of esters is 3. The van der Waals surface area contributed by atoms with Gasteiger partial charge < -0.3 is 14.2 Å². The van der Waals surface area contributed by atoms with Gasteiger partial charge in [-0.3, -0.25) is 14.4 Å². The molecule has 0 unspecified atom stereocenters. The van der Waals surface area contributed by atoms with Crippen LogP contribution >= 0.6 is 0 Å². The van der Waals surface area contributed by atoms with E-state index in [2.05, 4.69) is 34.6 Å². The molecule has 6 nitrogen and oxygen atoms in total. The topological polar surface area (TPSA) is 78.9 Å². The summed E-state index contributed by atoms with van der Waals surface area (Å²) < 4.78 is 17.0. The lowest BCUT2D eigenvalue weighted by Gasteiger charge is -2.18. The molecule has 73 heavy (non-hydrogen) atoms. The number of rotatable bonds is 61. The maximum Gasteiger partial charge on any atom is 0.306 e. The van der Waals surface area contributed by atoms with E-state index >= 15 is 0 Å². The van der Waals surface area contributed by atoms with Gasteiger partial charge >= 0.3 is 17.9 Å². The molecular formula is C67H130O6. The van der Waals surface area contributed by atoms with Crippen molar-refractivity contribution in [2.24, 2.45) is 11.8 Å². The zero-order valence-electron chi connectivity index (χ0n) is 50.3. The van der Waals surface area contributed by atoms with Crippen molar-refractivity contribution in [2.75, 3.05) is 13.2 Å². The average molecular weight is 1030 g/mol. The van der Waals surface area contributed by atoms with Crippen molar-refractivity contribution in [2.45, 2.75) is 387 Å². The molecule has 0 aromatic carbocycles. The minimum atomic E-state index is -0.764. The summed E-state index contributed by atoms with van der Waals surface area (Å²) in [7, 11) is 0. The molecular weight excluding hydrogens is 901 g/mol. The molecule has 0 aromatic heterocycles. The standard InChI is InChI=1S/C67H130O6/c1-6-7-8-9-10-11-12-13-14-15-16-20-23-26-32-37-42-47-52-57-65(68)71-60-64(61-72-66(69)58-53-48-43-38-33-29-28-31-36-41-46-51-56-63(4)5)73-67(70)59-54-49-44-39-34-27-24-21-18-17-19-22-25-30-35-40-45-50-55-62(2)3/h62-64H,6-61H2,1-5H3/t64-/m1/s1. The van der Waals surface area contributed by atoms with Crippen LogP contribution in [0.5, 0.6) is 0 Å². The van der Waals surface area contributed by atoms with Crippen molar-refractivity contribution in [3.05, 3.63) is 0 Å². The van der Waals surface area contributed by atoms with Crippen LogP contribution in [0, 0.1) is 11.8 Å². The number of carbonyl (C=O) groups excluding carboxylic acids is 3. The van der Waals surface area contributed by atoms with E-state index in [0.717, 1.165) is 69.6 Å². The third-order valence-corrected chi connectivity index (χ3v) is 15.5. The van der Waals surface area contributed by atoms with Crippen molar-refractivity contribution in [3.63, 3.8) is 0 Å². The van der Waals surface area contributed by atoms with Crippen LogP contribution in [0.1, 0.15) is 381 Å². The Balaban J connectivity index is 4.27. The Kier molecular flexibility index (Phi) is 58.4. The van der Waals surface area contributed by atoms with Gasteiger partial charge in [0.15, 0.2) is 6.10 Å². The molecule has 0 radical (unpaired) electrons. The maximum atomic E-state index is 12.9. The summed E-state index contributed by atoms with van der Waals surface area (Å²) in [5.41, 5.74) is 0. The van der Waals surface area contributed by atoms with Crippen LogP contribution in [0.25, 0.3) is 0 Å². The van der Waals surface area contributed by atoms with Crippen molar-refractivity contribution < 1.29 is 28.6 Å². The summed E-state index contributed by atoms with van der Waals surface area (Å²) in [6.07, 6.45) is 66.8. The lowest BCUT2D eigenvalue weighted by molar-refractivity contribution is -0.167. The second-order valence-corrected chi connectivity index (χ2v) is 24.1. The third kappa shape index (κ3) is 61.1. The van der Waals surface area contributed by atoms with E-state index in [4.69, 9.17) is 14.2 Å². The number of hydrogen-bond acceptors (Lipinski definition) is 6. The molecule has 434 valence electrons. The molecule has 0 bridgehead atoms. The van der Waals surface area contributed by atoms with E-state index < -0.39 is 6.10 Å². The predicted octanol–water partition coefficient (Wildman–Crippen LogP) is 22.4. The maximum absolute atomic E-state index is 12.9. The summed E-state index contributed by atoms with van der Waals surface area (Å²) in [5.74, 6) is 0.863. The van der Waals surface area contributed by atoms with Gasteiger partial charge in [0.05, 0.1) is 0 Å². The summed E-state index contributed by atoms with van der Waals surface area (Å²) in [5, 5.41) is 0. The van der Waals surface area contributed by atoms with E-state index in [1.54, 1.807) is 0 Å². The molecule has 0 fully saturated rings. The van der Waals surface area contributed by atoms with E-state index in [1.807, 2.05) is 0 Å². The number of hydrogen-bond donors (Lipinski definition) is 0. The highest BCUT2D eigenvalue weighted by molar-refractivity contribution is 5.71. The van der Waals surface area contributed by atoms with Crippen LogP contribution in [-0.4, -0.2) is 37.2 Å². The second kappa shape index (κ2) is 59.7. The highest BCUT2D eigenvalue weighted by Crippen LogP contribution is 2.19. The number of ether oxygens (including phenoxy) is 3. The molecule has 0 spiro atoms. The van der Waals surface area contributed by atoms with E-state index in [0.29, 0.717) is 19.3 Å².